The van der Waals surface area contributed by atoms with Crippen molar-refractivity contribution in [3.63, 3.8) is 0 Å². The molecule has 6 nitrogen and oxygen atoms in total. The number of ether oxygens (including phenoxy) is 1. The topological polar surface area (TPSA) is 76.1 Å². The molecule has 28 heavy (non-hydrogen) atoms. The lowest BCUT2D eigenvalue weighted by atomic mass is 10.2. The van der Waals surface area contributed by atoms with E-state index in [-0.39, 0.29) is 5.75 Å². The first kappa shape index (κ1) is 19.2. The molecule has 3 aromatic rings. The predicted octanol–water partition coefficient (Wildman–Crippen LogP) is 4.41. The summed E-state index contributed by atoms with van der Waals surface area (Å²) in [4.78, 5) is 20.4. The van der Waals surface area contributed by atoms with Gasteiger partial charge in [0.2, 0.25) is 5.95 Å². The number of carbonyl (C=O) groups excluding carboxylic acids is 1. The molecule has 2 N–H and O–H groups in total. The second kappa shape index (κ2) is 8.38. The van der Waals surface area contributed by atoms with Crippen molar-refractivity contribution in [3.05, 3.63) is 72.6 Å². The van der Waals surface area contributed by atoms with Crippen LogP contribution in [-0.4, -0.2) is 28.7 Å². The minimum Gasteiger partial charge on any atom is -0.484 e. The van der Waals surface area contributed by atoms with Crippen LogP contribution >= 0.6 is 0 Å². The fourth-order valence-electron chi connectivity index (χ4n) is 2.23. The molecule has 0 atom stereocenters. The number of aromatic nitrogens is 2. The van der Waals surface area contributed by atoms with Crippen molar-refractivity contribution in [2.45, 2.75) is 6.18 Å². The van der Waals surface area contributed by atoms with Crippen LogP contribution in [-0.2, 0) is 0 Å². The Bertz CT molecular complexity index is 932. The van der Waals surface area contributed by atoms with Gasteiger partial charge in [0.1, 0.15) is 5.75 Å². The van der Waals surface area contributed by atoms with E-state index in [1.807, 2.05) is 0 Å². The van der Waals surface area contributed by atoms with Crippen LogP contribution in [0.3, 0.4) is 0 Å². The SMILES string of the molecule is O=C(Nc1cccc(OCC(F)(F)F)c1)c1ccc(Nc2ncccn2)cc1. The van der Waals surface area contributed by atoms with E-state index in [9.17, 15) is 18.0 Å². The summed E-state index contributed by atoms with van der Waals surface area (Å²) < 4.78 is 41.4. The van der Waals surface area contributed by atoms with Crippen molar-refractivity contribution in [2.75, 3.05) is 17.2 Å². The van der Waals surface area contributed by atoms with Gasteiger partial charge in [0.15, 0.2) is 6.61 Å². The zero-order valence-electron chi connectivity index (χ0n) is 14.4. The number of halogens is 3. The quantitative estimate of drug-likeness (QED) is 0.654. The molecule has 2 aromatic carbocycles. The van der Waals surface area contributed by atoms with Gasteiger partial charge in [0.05, 0.1) is 0 Å². The number of hydrogen-bond donors (Lipinski definition) is 2. The molecule has 0 aliphatic rings. The summed E-state index contributed by atoms with van der Waals surface area (Å²) in [5.41, 5.74) is 1.40. The molecule has 1 heterocycles. The van der Waals surface area contributed by atoms with Gasteiger partial charge in [-0.1, -0.05) is 6.07 Å². The molecule has 9 heteroatoms. The minimum atomic E-state index is -4.43. The van der Waals surface area contributed by atoms with Crippen molar-refractivity contribution in [1.29, 1.82) is 0 Å². The van der Waals surface area contributed by atoms with Crippen LogP contribution in [0, 0.1) is 0 Å². The van der Waals surface area contributed by atoms with E-state index in [1.165, 1.54) is 18.2 Å². The van der Waals surface area contributed by atoms with Gasteiger partial charge in [-0.2, -0.15) is 13.2 Å². The Kier molecular flexibility index (Phi) is 5.73. The van der Waals surface area contributed by atoms with E-state index < -0.39 is 18.7 Å². The van der Waals surface area contributed by atoms with Gasteiger partial charge >= 0.3 is 6.18 Å². The Labute approximate surface area is 158 Å². The molecule has 0 radical (unpaired) electrons. The van der Waals surface area contributed by atoms with Crippen LogP contribution < -0.4 is 15.4 Å². The maximum Gasteiger partial charge on any atom is 0.422 e. The number of alkyl halides is 3. The number of hydrogen-bond acceptors (Lipinski definition) is 5. The first-order valence-corrected chi connectivity index (χ1v) is 8.14. The molecule has 0 aliphatic heterocycles. The number of nitrogens with zero attached hydrogens (tertiary/aromatic N) is 2. The summed E-state index contributed by atoms with van der Waals surface area (Å²) in [6, 6.07) is 14.0. The molecular formula is C19H15F3N4O2. The van der Waals surface area contributed by atoms with Gasteiger partial charge in [-0.15, -0.1) is 0 Å². The molecule has 1 aromatic heterocycles. The Hall–Kier alpha value is -3.62. The molecule has 0 spiro atoms. The first-order valence-electron chi connectivity index (χ1n) is 8.14. The van der Waals surface area contributed by atoms with E-state index in [1.54, 1.807) is 48.8 Å². The minimum absolute atomic E-state index is 0.0116. The van der Waals surface area contributed by atoms with Crippen molar-refractivity contribution >= 4 is 23.2 Å². The number of rotatable bonds is 6. The van der Waals surface area contributed by atoms with Gasteiger partial charge < -0.3 is 15.4 Å². The normalized spacial score (nSPS) is 11.0. The first-order chi connectivity index (χ1) is 13.4. The lowest BCUT2D eigenvalue weighted by Crippen LogP contribution is -2.19. The summed E-state index contributed by atoms with van der Waals surface area (Å²) in [5, 5.41) is 5.61. The number of amides is 1. The monoisotopic (exact) mass is 388 g/mol. The smallest absolute Gasteiger partial charge is 0.422 e. The number of carbonyl (C=O) groups is 1. The zero-order valence-corrected chi connectivity index (χ0v) is 14.4. The summed E-state index contributed by atoms with van der Waals surface area (Å²) >= 11 is 0. The molecular weight excluding hydrogens is 373 g/mol. The van der Waals surface area contributed by atoms with E-state index >= 15 is 0 Å². The van der Waals surface area contributed by atoms with E-state index in [4.69, 9.17) is 0 Å². The number of nitrogens with one attached hydrogen (secondary N) is 2. The molecule has 1 amide bonds. The highest BCUT2D eigenvalue weighted by atomic mass is 19.4. The van der Waals surface area contributed by atoms with Gasteiger partial charge in [0.25, 0.3) is 5.91 Å². The third-order valence-electron chi connectivity index (χ3n) is 3.46. The fraction of sp³-hybridized carbons (Fsp3) is 0.105. The van der Waals surface area contributed by atoms with Gasteiger partial charge in [0, 0.05) is 35.4 Å². The van der Waals surface area contributed by atoms with Crippen LogP contribution in [0.2, 0.25) is 0 Å². The van der Waals surface area contributed by atoms with Crippen molar-refractivity contribution < 1.29 is 22.7 Å². The van der Waals surface area contributed by atoms with E-state index in [0.29, 0.717) is 22.9 Å². The molecule has 0 aliphatic carbocycles. The Morgan fingerprint density at radius 3 is 2.36 bits per heavy atom. The summed E-state index contributed by atoms with van der Waals surface area (Å²) in [5.74, 6) is 0.0309. The highest BCUT2D eigenvalue weighted by Gasteiger charge is 2.28. The van der Waals surface area contributed by atoms with Crippen LogP contribution in [0.15, 0.2) is 67.0 Å². The number of anilines is 3. The highest BCUT2D eigenvalue weighted by Crippen LogP contribution is 2.22. The average molecular weight is 388 g/mol. The third kappa shape index (κ3) is 5.70. The lowest BCUT2D eigenvalue weighted by Gasteiger charge is -2.11. The molecule has 0 bridgehead atoms. The Morgan fingerprint density at radius 2 is 1.68 bits per heavy atom. The van der Waals surface area contributed by atoms with Crippen molar-refractivity contribution in [3.8, 4) is 5.75 Å². The summed E-state index contributed by atoms with van der Waals surface area (Å²) in [6.07, 6.45) is -1.23. The Balaban J connectivity index is 1.61. The van der Waals surface area contributed by atoms with Crippen LogP contribution in [0.1, 0.15) is 10.4 Å². The van der Waals surface area contributed by atoms with Gasteiger partial charge in [-0.3, -0.25) is 4.79 Å². The fourth-order valence-corrected chi connectivity index (χ4v) is 2.23. The van der Waals surface area contributed by atoms with Gasteiger partial charge in [-0.05, 0) is 42.5 Å². The van der Waals surface area contributed by atoms with Crippen molar-refractivity contribution in [1.82, 2.24) is 9.97 Å². The second-order valence-electron chi connectivity index (χ2n) is 5.66. The number of benzene rings is 2. The molecule has 0 unspecified atom stereocenters. The molecule has 0 saturated carbocycles. The van der Waals surface area contributed by atoms with Crippen LogP contribution in [0.25, 0.3) is 0 Å². The van der Waals surface area contributed by atoms with E-state index in [2.05, 4.69) is 25.3 Å². The second-order valence-corrected chi connectivity index (χ2v) is 5.66. The molecule has 0 fully saturated rings. The lowest BCUT2D eigenvalue weighted by molar-refractivity contribution is -0.153. The molecule has 144 valence electrons. The standard InChI is InChI=1S/C19H15F3N4O2/c20-19(21,22)12-28-16-4-1-3-15(11-16)25-17(27)13-5-7-14(8-6-13)26-18-23-9-2-10-24-18/h1-11H,12H2,(H,25,27)(H,23,24,26). The van der Waals surface area contributed by atoms with Crippen LogP contribution in [0.5, 0.6) is 5.75 Å². The maximum absolute atomic E-state index is 12.3. The third-order valence-corrected chi connectivity index (χ3v) is 3.46. The predicted molar refractivity (Wildman–Crippen MR) is 97.7 cm³/mol. The summed E-state index contributed by atoms with van der Waals surface area (Å²) in [6.45, 7) is -1.40. The largest absolute Gasteiger partial charge is 0.484 e. The molecule has 0 saturated heterocycles. The maximum atomic E-state index is 12.3. The Morgan fingerprint density at radius 1 is 0.964 bits per heavy atom. The highest BCUT2D eigenvalue weighted by molar-refractivity contribution is 6.04. The van der Waals surface area contributed by atoms with Crippen molar-refractivity contribution in [2.24, 2.45) is 0 Å². The van der Waals surface area contributed by atoms with Gasteiger partial charge in [-0.25, -0.2) is 9.97 Å². The zero-order chi connectivity index (χ0) is 20.0. The summed E-state index contributed by atoms with van der Waals surface area (Å²) in [7, 11) is 0. The van der Waals surface area contributed by atoms with Crippen LogP contribution in [0.4, 0.5) is 30.5 Å². The average Bonchev–Trinajstić information content (AvgIpc) is 2.67. The van der Waals surface area contributed by atoms with E-state index in [0.717, 1.165) is 0 Å². The molecule has 3 rings (SSSR count).